The molecular weight excluding hydrogens is 342 g/mol. The number of benzene rings is 2. The van der Waals surface area contributed by atoms with Crippen LogP contribution in [-0.2, 0) is 9.53 Å². The molecular formula is C22H27NO4. The van der Waals surface area contributed by atoms with E-state index in [1.807, 2.05) is 45.9 Å². The molecule has 0 heterocycles. The van der Waals surface area contributed by atoms with Crippen molar-refractivity contribution >= 4 is 17.6 Å². The van der Waals surface area contributed by atoms with Crippen molar-refractivity contribution in [2.75, 3.05) is 11.9 Å². The van der Waals surface area contributed by atoms with Gasteiger partial charge in [0.05, 0.1) is 12.2 Å². The van der Waals surface area contributed by atoms with E-state index in [2.05, 4.69) is 5.32 Å². The van der Waals surface area contributed by atoms with Gasteiger partial charge in [-0.05, 0) is 69.5 Å². The van der Waals surface area contributed by atoms with Crippen LogP contribution in [0.1, 0.15) is 47.3 Å². The maximum absolute atomic E-state index is 12.7. The highest BCUT2D eigenvalue weighted by atomic mass is 16.5. The van der Waals surface area contributed by atoms with Gasteiger partial charge >= 0.3 is 5.97 Å². The van der Waals surface area contributed by atoms with E-state index in [0.717, 1.165) is 16.7 Å². The summed E-state index contributed by atoms with van der Waals surface area (Å²) in [7, 11) is 0. The number of aryl methyl sites for hydroxylation is 3. The van der Waals surface area contributed by atoms with E-state index in [0.29, 0.717) is 30.0 Å². The van der Waals surface area contributed by atoms with E-state index in [4.69, 9.17) is 9.47 Å². The normalized spacial score (nSPS) is 11.6. The third-order valence-corrected chi connectivity index (χ3v) is 4.26. The minimum absolute atomic E-state index is 0.218. The molecule has 0 radical (unpaired) electrons. The summed E-state index contributed by atoms with van der Waals surface area (Å²) in [6.45, 7) is 9.81. The van der Waals surface area contributed by atoms with Crippen molar-refractivity contribution in [1.82, 2.24) is 0 Å². The minimum atomic E-state index is -0.601. The number of esters is 1. The molecule has 1 N–H and O–H groups in total. The zero-order valence-electron chi connectivity index (χ0n) is 16.6. The van der Waals surface area contributed by atoms with E-state index in [1.54, 1.807) is 25.1 Å². The van der Waals surface area contributed by atoms with Gasteiger partial charge in [0.25, 0.3) is 5.91 Å². The van der Waals surface area contributed by atoms with Crippen LogP contribution in [0.3, 0.4) is 0 Å². The van der Waals surface area contributed by atoms with Crippen molar-refractivity contribution in [1.29, 1.82) is 0 Å². The Bertz CT molecular complexity index is 829. The Morgan fingerprint density at radius 3 is 2.33 bits per heavy atom. The quantitative estimate of drug-likeness (QED) is 0.725. The lowest BCUT2D eigenvalue weighted by molar-refractivity contribution is -0.122. The van der Waals surface area contributed by atoms with Gasteiger partial charge in [-0.2, -0.15) is 0 Å². The minimum Gasteiger partial charge on any atom is -0.480 e. The van der Waals surface area contributed by atoms with Crippen molar-refractivity contribution < 1.29 is 19.1 Å². The molecule has 0 aliphatic rings. The van der Waals surface area contributed by atoms with Gasteiger partial charge in [-0.1, -0.05) is 24.6 Å². The highest BCUT2D eigenvalue weighted by Crippen LogP contribution is 2.22. The molecule has 2 rings (SSSR count). The van der Waals surface area contributed by atoms with Gasteiger partial charge in [0.1, 0.15) is 5.75 Å². The lowest BCUT2D eigenvalue weighted by Crippen LogP contribution is -2.32. The predicted molar refractivity (Wildman–Crippen MR) is 106 cm³/mol. The number of ether oxygens (including phenoxy) is 2. The summed E-state index contributed by atoms with van der Waals surface area (Å²) in [6.07, 6.45) is -0.0606. The smallest absolute Gasteiger partial charge is 0.338 e. The second-order valence-corrected chi connectivity index (χ2v) is 6.52. The Labute approximate surface area is 160 Å². The molecule has 1 amide bonds. The fourth-order valence-corrected chi connectivity index (χ4v) is 2.77. The molecule has 0 saturated heterocycles. The average molecular weight is 369 g/mol. The lowest BCUT2D eigenvalue weighted by atomic mass is 10.1. The van der Waals surface area contributed by atoms with Crippen molar-refractivity contribution in [3.8, 4) is 5.75 Å². The standard InChI is InChI=1S/C22H27NO4/c1-6-19(27-20-11-8-14(3)12-16(20)5)21(24)23-18-10-9-17(13-15(18)4)22(25)26-7-2/h8-13,19H,6-7H2,1-5H3,(H,23,24)/t19-/m0/s1. The third kappa shape index (κ3) is 5.33. The van der Waals surface area contributed by atoms with Crippen LogP contribution in [-0.4, -0.2) is 24.6 Å². The Hall–Kier alpha value is -2.82. The summed E-state index contributed by atoms with van der Waals surface area (Å²) in [5.41, 5.74) is 4.04. The number of hydrogen-bond acceptors (Lipinski definition) is 4. The molecule has 1 atom stereocenters. The largest absolute Gasteiger partial charge is 0.480 e. The van der Waals surface area contributed by atoms with Crippen LogP contribution >= 0.6 is 0 Å². The fraction of sp³-hybridized carbons (Fsp3) is 0.364. The van der Waals surface area contributed by atoms with Crippen molar-refractivity contribution in [2.24, 2.45) is 0 Å². The molecule has 144 valence electrons. The van der Waals surface area contributed by atoms with Gasteiger partial charge in [0.2, 0.25) is 0 Å². The van der Waals surface area contributed by atoms with Gasteiger partial charge in [0, 0.05) is 5.69 Å². The molecule has 0 unspecified atom stereocenters. The fourth-order valence-electron chi connectivity index (χ4n) is 2.77. The molecule has 2 aromatic rings. The van der Waals surface area contributed by atoms with E-state index < -0.39 is 6.10 Å². The molecule has 0 bridgehead atoms. The van der Waals surface area contributed by atoms with Gasteiger partial charge in [0.15, 0.2) is 6.10 Å². The van der Waals surface area contributed by atoms with E-state index >= 15 is 0 Å². The summed E-state index contributed by atoms with van der Waals surface area (Å²) >= 11 is 0. The summed E-state index contributed by atoms with van der Waals surface area (Å²) in [5, 5.41) is 2.89. The van der Waals surface area contributed by atoms with Crippen molar-refractivity contribution in [3.63, 3.8) is 0 Å². The average Bonchev–Trinajstić information content (AvgIpc) is 2.62. The first-order chi connectivity index (χ1) is 12.8. The van der Waals surface area contributed by atoms with Crippen LogP contribution in [0, 0.1) is 20.8 Å². The molecule has 0 fully saturated rings. The Kier molecular flexibility index (Phi) is 6.99. The summed E-state index contributed by atoms with van der Waals surface area (Å²) in [4.78, 5) is 24.5. The third-order valence-electron chi connectivity index (χ3n) is 4.26. The van der Waals surface area contributed by atoms with E-state index in [1.165, 1.54) is 0 Å². The molecule has 0 saturated carbocycles. The summed E-state index contributed by atoms with van der Waals surface area (Å²) in [6, 6.07) is 10.9. The number of nitrogens with one attached hydrogen (secondary N) is 1. The number of hydrogen-bond donors (Lipinski definition) is 1. The molecule has 2 aromatic carbocycles. The highest BCUT2D eigenvalue weighted by molar-refractivity contribution is 5.96. The zero-order valence-corrected chi connectivity index (χ0v) is 16.6. The second-order valence-electron chi connectivity index (χ2n) is 6.52. The van der Waals surface area contributed by atoms with Crippen LogP contribution in [0.5, 0.6) is 5.75 Å². The number of rotatable bonds is 7. The maximum atomic E-state index is 12.7. The van der Waals surface area contributed by atoms with Crippen LogP contribution in [0.2, 0.25) is 0 Å². The molecule has 0 aliphatic heterocycles. The molecule has 0 spiro atoms. The maximum Gasteiger partial charge on any atom is 0.338 e. The Morgan fingerprint density at radius 1 is 1.00 bits per heavy atom. The topological polar surface area (TPSA) is 64.6 Å². The van der Waals surface area contributed by atoms with Gasteiger partial charge in [-0.25, -0.2) is 4.79 Å². The van der Waals surface area contributed by atoms with Crippen LogP contribution in [0.15, 0.2) is 36.4 Å². The van der Waals surface area contributed by atoms with Gasteiger partial charge in [-0.3, -0.25) is 4.79 Å². The lowest BCUT2D eigenvalue weighted by Gasteiger charge is -2.19. The van der Waals surface area contributed by atoms with Crippen LogP contribution < -0.4 is 10.1 Å². The molecule has 5 heteroatoms. The van der Waals surface area contributed by atoms with Crippen LogP contribution in [0.4, 0.5) is 5.69 Å². The SMILES string of the molecule is CCOC(=O)c1ccc(NC(=O)[C@H](CC)Oc2ccc(C)cc2C)c(C)c1. The Morgan fingerprint density at radius 2 is 1.74 bits per heavy atom. The van der Waals surface area contributed by atoms with Gasteiger partial charge in [-0.15, -0.1) is 0 Å². The summed E-state index contributed by atoms with van der Waals surface area (Å²) < 4.78 is 10.9. The highest BCUT2D eigenvalue weighted by Gasteiger charge is 2.20. The molecule has 0 aromatic heterocycles. The van der Waals surface area contributed by atoms with Crippen molar-refractivity contribution in [3.05, 3.63) is 58.7 Å². The monoisotopic (exact) mass is 369 g/mol. The first-order valence-corrected chi connectivity index (χ1v) is 9.18. The number of carbonyl (C=O) groups is 2. The van der Waals surface area contributed by atoms with E-state index in [-0.39, 0.29) is 11.9 Å². The van der Waals surface area contributed by atoms with Crippen molar-refractivity contribution in [2.45, 2.75) is 47.1 Å². The summed E-state index contributed by atoms with van der Waals surface area (Å²) in [5.74, 6) is 0.115. The molecule has 5 nitrogen and oxygen atoms in total. The number of amides is 1. The molecule has 0 aliphatic carbocycles. The van der Waals surface area contributed by atoms with Crippen LogP contribution in [0.25, 0.3) is 0 Å². The Balaban J connectivity index is 2.11. The zero-order chi connectivity index (χ0) is 20.0. The second kappa shape index (κ2) is 9.21. The first kappa shape index (κ1) is 20.5. The van der Waals surface area contributed by atoms with Gasteiger partial charge < -0.3 is 14.8 Å². The predicted octanol–water partition coefficient (Wildman–Crippen LogP) is 4.58. The number of anilines is 1. The number of carbonyl (C=O) groups excluding carboxylic acids is 2. The molecule has 27 heavy (non-hydrogen) atoms. The van der Waals surface area contributed by atoms with E-state index in [9.17, 15) is 9.59 Å². The first-order valence-electron chi connectivity index (χ1n) is 9.18.